The zero-order valence-electron chi connectivity index (χ0n) is 23.3. The minimum atomic E-state index is -0.200. The molecule has 1 aliphatic heterocycles. The number of pyridine rings is 1. The van der Waals surface area contributed by atoms with Gasteiger partial charge in [-0.05, 0) is 59.2 Å². The summed E-state index contributed by atoms with van der Waals surface area (Å²) in [6, 6.07) is 33.8. The van der Waals surface area contributed by atoms with E-state index in [2.05, 4.69) is 51.6 Å². The third-order valence-electron chi connectivity index (χ3n) is 7.53. The lowest BCUT2D eigenvalue weighted by molar-refractivity contribution is 0.364. The molecule has 2 heterocycles. The van der Waals surface area contributed by atoms with Crippen LogP contribution in [0.2, 0.25) is 5.02 Å². The molecule has 0 radical (unpaired) electrons. The molecule has 0 fully saturated rings. The fourth-order valence-electron chi connectivity index (χ4n) is 5.40. The molecule has 5 aromatic rings. The number of benzene rings is 4. The highest BCUT2D eigenvalue weighted by Crippen LogP contribution is 2.37. The van der Waals surface area contributed by atoms with E-state index in [1.54, 1.807) is 6.07 Å². The van der Waals surface area contributed by atoms with Gasteiger partial charge in [0, 0.05) is 54.2 Å². The second kappa shape index (κ2) is 11.8. The van der Waals surface area contributed by atoms with Gasteiger partial charge in [0.25, 0.3) is 5.56 Å². The Morgan fingerprint density at radius 1 is 0.976 bits per heavy atom. The second-order valence-electron chi connectivity index (χ2n) is 10.5. The van der Waals surface area contributed by atoms with Crippen molar-refractivity contribution in [2.24, 2.45) is 5.10 Å². The number of hydrogen-bond acceptors (Lipinski definition) is 4. The van der Waals surface area contributed by atoms with Crippen molar-refractivity contribution in [2.75, 3.05) is 19.0 Å². The van der Waals surface area contributed by atoms with Crippen LogP contribution in [0.15, 0.2) is 113 Å². The van der Waals surface area contributed by atoms with Crippen LogP contribution in [-0.2, 0) is 6.54 Å². The van der Waals surface area contributed by atoms with Crippen LogP contribution < -0.4 is 15.8 Å². The van der Waals surface area contributed by atoms with Crippen LogP contribution in [0.4, 0.5) is 5.69 Å². The summed E-state index contributed by atoms with van der Waals surface area (Å²) < 4.78 is 0. The first-order valence-corrected chi connectivity index (χ1v) is 14.5. The van der Waals surface area contributed by atoms with Gasteiger partial charge in [-0.25, -0.2) is 5.01 Å². The topological polar surface area (TPSA) is 63.7 Å². The third kappa shape index (κ3) is 5.53. The van der Waals surface area contributed by atoms with Crippen molar-refractivity contribution in [1.29, 1.82) is 0 Å². The van der Waals surface area contributed by atoms with Crippen molar-refractivity contribution in [1.82, 2.24) is 15.3 Å². The molecule has 0 unspecified atom stereocenters. The molecular formula is C34H30ClN5OS. The molecule has 0 spiro atoms. The summed E-state index contributed by atoms with van der Waals surface area (Å²) in [6.07, 6.45) is 0.503. The first-order valence-electron chi connectivity index (χ1n) is 13.8. The van der Waals surface area contributed by atoms with Crippen LogP contribution in [0.1, 0.15) is 29.2 Å². The normalized spacial score (nSPS) is 14.6. The van der Waals surface area contributed by atoms with E-state index in [1.165, 1.54) is 0 Å². The zero-order chi connectivity index (χ0) is 29.2. The van der Waals surface area contributed by atoms with E-state index >= 15 is 0 Å². The molecule has 0 aliphatic carbocycles. The van der Waals surface area contributed by atoms with Crippen molar-refractivity contribution in [2.45, 2.75) is 19.0 Å². The van der Waals surface area contributed by atoms with Gasteiger partial charge in [0.05, 0.1) is 17.3 Å². The van der Waals surface area contributed by atoms with E-state index in [0.717, 1.165) is 38.8 Å². The molecule has 0 saturated carbocycles. The number of aromatic nitrogens is 1. The highest BCUT2D eigenvalue weighted by molar-refractivity contribution is 7.80. The molecule has 2 N–H and O–H groups in total. The molecule has 210 valence electrons. The first kappa shape index (κ1) is 27.7. The third-order valence-corrected chi connectivity index (χ3v) is 8.09. The van der Waals surface area contributed by atoms with E-state index in [-0.39, 0.29) is 11.6 Å². The molecular weight excluding hydrogens is 562 g/mol. The Morgan fingerprint density at radius 3 is 2.36 bits per heavy atom. The van der Waals surface area contributed by atoms with Crippen molar-refractivity contribution in [3.8, 4) is 11.1 Å². The van der Waals surface area contributed by atoms with Gasteiger partial charge in [-0.15, -0.1) is 0 Å². The Hall–Kier alpha value is -4.46. The minimum Gasteiger partial charge on any atom is -0.378 e. The average Bonchev–Trinajstić information content (AvgIpc) is 3.45. The van der Waals surface area contributed by atoms with Gasteiger partial charge >= 0.3 is 0 Å². The Kier molecular flexibility index (Phi) is 7.78. The summed E-state index contributed by atoms with van der Waals surface area (Å²) in [5.74, 6) is 0. The molecule has 1 aromatic heterocycles. The van der Waals surface area contributed by atoms with Gasteiger partial charge < -0.3 is 15.2 Å². The Morgan fingerprint density at radius 2 is 1.67 bits per heavy atom. The average molecular weight is 592 g/mol. The largest absolute Gasteiger partial charge is 0.378 e. The van der Waals surface area contributed by atoms with Gasteiger partial charge in [0.1, 0.15) is 0 Å². The lowest BCUT2D eigenvalue weighted by Crippen LogP contribution is -2.36. The van der Waals surface area contributed by atoms with Crippen LogP contribution in [0.5, 0.6) is 0 Å². The number of nitrogens with zero attached hydrogens (tertiary/aromatic N) is 3. The predicted octanol–water partition coefficient (Wildman–Crippen LogP) is 7.14. The summed E-state index contributed by atoms with van der Waals surface area (Å²) in [7, 11) is 4.04. The molecule has 0 bridgehead atoms. The van der Waals surface area contributed by atoms with Crippen molar-refractivity contribution in [3.63, 3.8) is 0 Å². The number of halogens is 1. The highest BCUT2D eigenvalue weighted by atomic mass is 35.5. The molecule has 0 saturated heterocycles. The van der Waals surface area contributed by atoms with Crippen molar-refractivity contribution in [3.05, 3.63) is 135 Å². The van der Waals surface area contributed by atoms with E-state index in [1.807, 2.05) is 79.8 Å². The fraction of sp³-hybridized carbons (Fsp3) is 0.147. The molecule has 4 aromatic carbocycles. The maximum atomic E-state index is 13.8. The molecule has 1 atom stereocenters. The van der Waals surface area contributed by atoms with E-state index in [4.69, 9.17) is 28.9 Å². The molecule has 1 aliphatic rings. The summed E-state index contributed by atoms with van der Waals surface area (Å²) >= 11 is 12.4. The standard InChI is InChI=1S/C34H30ClN5OS/c1-39(2)26-16-13-23(14-17-26)30-20-29(38-40(30)34(42)36-21-22-9-5-3-6-10-22)32-31(24-11-7-4-8-12-24)27-19-25(35)15-18-28(27)37-33(32)41/h3-19,30H,20-21H2,1-2H3,(H,36,42)(H,37,41)/t30-/m0/s1. The minimum absolute atomic E-state index is 0.190. The molecule has 6 rings (SSSR count). The first-order chi connectivity index (χ1) is 20.4. The number of hydrazone groups is 1. The lowest BCUT2D eigenvalue weighted by atomic mass is 9.91. The summed E-state index contributed by atoms with van der Waals surface area (Å²) in [5.41, 5.74) is 6.72. The molecule has 6 nitrogen and oxygen atoms in total. The van der Waals surface area contributed by atoms with Gasteiger partial charge in [0.15, 0.2) is 5.11 Å². The zero-order valence-corrected chi connectivity index (χ0v) is 24.9. The number of thiocarbonyl (C=S) groups is 1. The Bertz CT molecular complexity index is 1840. The maximum absolute atomic E-state index is 13.8. The van der Waals surface area contributed by atoms with Crippen LogP contribution in [0.25, 0.3) is 22.0 Å². The monoisotopic (exact) mass is 591 g/mol. The predicted molar refractivity (Wildman–Crippen MR) is 177 cm³/mol. The van der Waals surface area contributed by atoms with E-state index in [9.17, 15) is 4.79 Å². The Labute approximate surface area is 255 Å². The summed E-state index contributed by atoms with van der Waals surface area (Å²) in [4.78, 5) is 18.9. The molecule has 42 heavy (non-hydrogen) atoms. The van der Waals surface area contributed by atoms with Crippen LogP contribution in [0.3, 0.4) is 0 Å². The molecule has 8 heteroatoms. The number of rotatable bonds is 6. The van der Waals surface area contributed by atoms with Crippen LogP contribution >= 0.6 is 23.8 Å². The SMILES string of the molecule is CN(C)c1ccc([C@@H]2CC(c3c(-c4ccccc4)c4cc(Cl)ccc4[nH]c3=O)=NN2C(=S)NCc2ccccc2)cc1. The Balaban J connectivity index is 1.47. The fourth-order valence-corrected chi connectivity index (χ4v) is 5.82. The quantitative estimate of drug-likeness (QED) is 0.206. The van der Waals surface area contributed by atoms with Crippen molar-refractivity contribution >= 4 is 51.2 Å². The highest BCUT2D eigenvalue weighted by Gasteiger charge is 2.34. The van der Waals surface area contributed by atoms with Gasteiger partial charge in [-0.1, -0.05) is 84.4 Å². The number of H-pyrrole nitrogens is 1. The number of fused-ring (bicyclic) bond motifs is 1. The van der Waals surface area contributed by atoms with Gasteiger partial charge in [-0.3, -0.25) is 4.79 Å². The van der Waals surface area contributed by atoms with Gasteiger partial charge in [-0.2, -0.15) is 5.10 Å². The number of hydrogen-bond donors (Lipinski definition) is 2. The number of anilines is 1. The van der Waals surface area contributed by atoms with E-state index < -0.39 is 0 Å². The lowest BCUT2D eigenvalue weighted by Gasteiger charge is -2.25. The van der Waals surface area contributed by atoms with Gasteiger partial charge in [0.2, 0.25) is 0 Å². The number of nitrogens with one attached hydrogen (secondary N) is 2. The van der Waals surface area contributed by atoms with Crippen LogP contribution in [0, 0.1) is 0 Å². The van der Waals surface area contributed by atoms with Crippen molar-refractivity contribution < 1.29 is 0 Å². The second-order valence-corrected chi connectivity index (χ2v) is 11.3. The summed E-state index contributed by atoms with van der Waals surface area (Å²) in [6.45, 7) is 0.567. The maximum Gasteiger partial charge on any atom is 0.258 e. The smallest absolute Gasteiger partial charge is 0.258 e. The number of aromatic amines is 1. The van der Waals surface area contributed by atoms with E-state index in [0.29, 0.717) is 34.4 Å². The molecule has 0 amide bonds. The van der Waals surface area contributed by atoms with Crippen LogP contribution in [-0.4, -0.2) is 34.9 Å². The summed E-state index contributed by atoms with van der Waals surface area (Å²) in [5, 5.41) is 12.2.